The molecule has 4 heteroatoms. The van der Waals surface area contributed by atoms with Crippen LogP contribution in [0.1, 0.15) is 41.6 Å². The van der Waals surface area contributed by atoms with Gasteiger partial charge in [-0.1, -0.05) is 13.3 Å². The van der Waals surface area contributed by atoms with Gasteiger partial charge in [0.15, 0.2) is 0 Å². The first-order chi connectivity index (χ1) is 7.61. The first-order valence-electron chi connectivity index (χ1n) is 5.67. The zero-order chi connectivity index (χ0) is 11.7. The Morgan fingerprint density at radius 1 is 1.69 bits per heavy atom. The van der Waals surface area contributed by atoms with Crippen molar-refractivity contribution < 1.29 is 14.3 Å². The number of carboxylic acid groups (broad SMARTS) is 1. The van der Waals surface area contributed by atoms with Gasteiger partial charge >= 0.3 is 5.97 Å². The minimum Gasteiger partial charge on any atom is -0.475 e. The molecule has 0 aliphatic heterocycles. The average Bonchev–Trinajstić information content (AvgIpc) is 2.90. The molecule has 4 nitrogen and oxygen atoms in total. The van der Waals surface area contributed by atoms with E-state index in [0.29, 0.717) is 23.9 Å². The van der Waals surface area contributed by atoms with E-state index in [2.05, 4.69) is 12.2 Å². The Hall–Kier alpha value is -1.29. The van der Waals surface area contributed by atoms with E-state index < -0.39 is 5.97 Å². The van der Waals surface area contributed by atoms with Gasteiger partial charge in [-0.25, -0.2) is 4.79 Å². The predicted octanol–water partition coefficient (Wildman–Crippen LogP) is 2.17. The molecule has 1 aliphatic rings. The zero-order valence-corrected chi connectivity index (χ0v) is 9.62. The fourth-order valence-corrected chi connectivity index (χ4v) is 2.03. The van der Waals surface area contributed by atoms with Crippen molar-refractivity contribution in [2.45, 2.75) is 39.3 Å². The number of hydrogen-bond donors (Lipinski definition) is 2. The number of hydrogen-bond acceptors (Lipinski definition) is 3. The molecule has 0 amide bonds. The molecule has 2 atom stereocenters. The summed E-state index contributed by atoms with van der Waals surface area (Å²) in [6.45, 7) is 4.56. The number of rotatable bonds is 5. The van der Waals surface area contributed by atoms with E-state index in [1.165, 1.54) is 12.8 Å². The Bertz CT molecular complexity index is 397. The molecule has 0 aromatic carbocycles. The standard InChI is InChI=1S/C12H17NO3/c1-3-8-5-10(8)13-6-9-4-7(2)11(16-9)12(14)15/h4,8,10,13H,3,5-6H2,1-2H3,(H,14,15). The van der Waals surface area contributed by atoms with Gasteiger partial charge in [0.05, 0.1) is 6.54 Å². The first-order valence-corrected chi connectivity index (χ1v) is 5.67. The summed E-state index contributed by atoms with van der Waals surface area (Å²) < 4.78 is 5.26. The molecule has 1 heterocycles. The SMILES string of the molecule is CCC1CC1NCc1cc(C)c(C(=O)O)o1. The summed E-state index contributed by atoms with van der Waals surface area (Å²) >= 11 is 0. The summed E-state index contributed by atoms with van der Waals surface area (Å²) in [4.78, 5) is 10.8. The lowest BCUT2D eigenvalue weighted by Gasteiger charge is -1.99. The van der Waals surface area contributed by atoms with Gasteiger partial charge in [-0.05, 0) is 25.3 Å². The molecule has 0 radical (unpaired) electrons. The topological polar surface area (TPSA) is 62.5 Å². The number of furan rings is 1. The maximum Gasteiger partial charge on any atom is 0.372 e. The largest absolute Gasteiger partial charge is 0.475 e. The van der Waals surface area contributed by atoms with Gasteiger partial charge in [0, 0.05) is 11.6 Å². The molecule has 0 saturated heterocycles. The third-order valence-corrected chi connectivity index (χ3v) is 3.15. The highest BCUT2D eigenvalue weighted by Gasteiger charge is 2.34. The van der Waals surface area contributed by atoms with Gasteiger partial charge in [0.2, 0.25) is 5.76 Å². The highest BCUT2D eigenvalue weighted by molar-refractivity contribution is 5.86. The number of aryl methyl sites for hydroxylation is 1. The third kappa shape index (κ3) is 2.27. The fraction of sp³-hybridized carbons (Fsp3) is 0.583. The quantitative estimate of drug-likeness (QED) is 0.803. The summed E-state index contributed by atoms with van der Waals surface area (Å²) in [5.74, 6) is 0.549. The molecular weight excluding hydrogens is 206 g/mol. The minimum atomic E-state index is -0.999. The van der Waals surface area contributed by atoms with Crippen LogP contribution in [0.2, 0.25) is 0 Å². The van der Waals surface area contributed by atoms with Crippen molar-refractivity contribution in [1.29, 1.82) is 0 Å². The van der Waals surface area contributed by atoms with Crippen molar-refractivity contribution in [1.82, 2.24) is 5.32 Å². The molecule has 2 N–H and O–H groups in total. The Labute approximate surface area is 94.6 Å². The molecule has 0 bridgehead atoms. The van der Waals surface area contributed by atoms with E-state index in [4.69, 9.17) is 9.52 Å². The summed E-state index contributed by atoms with van der Waals surface area (Å²) in [7, 11) is 0. The van der Waals surface area contributed by atoms with Gasteiger partial charge in [0.1, 0.15) is 5.76 Å². The van der Waals surface area contributed by atoms with E-state index >= 15 is 0 Å². The van der Waals surface area contributed by atoms with Crippen LogP contribution in [0.15, 0.2) is 10.5 Å². The van der Waals surface area contributed by atoms with Crippen LogP contribution in [0.3, 0.4) is 0 Å². The van der Waals surface area contributed by atoms with Gasteiger partial charge in [-0.3, -0.25) is 0 Å². The summed E-state index contributed by atoms with van der Waals surface area (Å²) in [6, 6.07) is 2.38. The molecule has 16 heavy (non-hydrogen) atoms. The van der Waals surface area contributed by atoms with Crippen molar-refractivity contribution >= 4 is 5.97 Å². The van der Waals surface area contributed by atoms with Crippen LogP contribution in [0.5, 0.6) is 0 Å². The van der Waals surface area contributed by atoms with Crippen LogP contribution in [0, 0.1) is 12.8 Å². The molecular formula is C12H17NO3. The molecule has 1 aliphatic carbocycles. The van der Waals surface area contributed by atoms with Gasteiger partial charge < -0.3 is 14.8 Å². The highest BCUT2D eigenvalue weighted by atomic mass is 16.4. The monoisotopic (exact) mass is 223 g/mol. The van der Waals surface area contributed by atoms with E-state index in [9.17, 15) is 4.79 Å². The van der Waals surface area contributed by atoms with Crippen molar-refractivity contribution in [2.24, 2.45) is 5.92 Å². The molecule has 0 spiro atoms. The third-order valence-electron chi connectivity index (χ3n) is 3.15. The molecule has 2 rings (SSSR count). The Morgan fingerprint density at radius 2 is 2.44 bits per heavy atom. The maximum absolute atomic E-state index is 10.8. The highest BCUT2D eigenvalue weighted by Crippen LogP contribution is 2.33. The summed E-state index contributed by atoms with van der Waals surface area (Å²) in [6.07, 6.45) is 2.43. The average molecular weight is 223 g/mol. The van der Waals surface area contributed by atoms with Gasteiger partial charge in [-0.15, -0.1) is 0 Å². The van der Waals surface area contributed by atoms with E-state index in [-0.39, 0.29) is 5.76 Å². The van der Waals surface area contributed by atoms with Crippen molar-refractivity contribution in [3.05, 3.63) is 23.2 Å². The molecule has 2 unspecified atom stereocenters. The molecule has 1 aromatic rings. The molecule has 88 valence electrons. The van der Waals surface area contributed by atoms with Crippen LogP contribution in [-0.2, 0) is 6.54 Å². The summed E-state index contributed by atoms with van der Waals surface area (Å²) in [5.41, 5.74) is 0.687. The number of carboxylic acids is 1. The molecule has 1 saturated carbocycles. The van der Waals surface area contributed by atoms with Crippen LogP contribution in [-0.4, -0.2) is 17.1 Å². The lowest BCUT2D eigenvalue weighted by Crippen LogP contribution is -2.17. The Kier molecular flexibility index (Phi) is 3.01. The van der Waals surface area contributed by atoms with Crippen LogP contribution in [0.4, 0.5) is 0 Å². The Morgan fingerprint density at radius 3 is 2.94 bits per heavy atom. The second kappa shape index (κ2) is 4.29. The van der Waals surface area contributed by atoms with Gasteiger partial charge in [-0.2, -0.15) is 0 Å². The lowest BCUT2D eigenvalue weighted by molar-refractivity contribution is 0.0659. The Balaban J connectivity index is 1.90. The van der Waals surface area contributed by atoms with E-state index in [1.54, 1.807) is 13.0 Å². The van der Waals surface area contributed by atoms with E-state index in [0.717, 1.165) is 5.92 Å². The predicted molar refractivity (Wildman–Crippen MR) is 59.4 cm³/mol. The van der Waals surface area contributed by atoms with Crippen LogP contribution < -0.4 is 5.32 Å². The lowest BCUT2D eigenvalue weighted by atomic mass is 10.2. The summed E-state index contributed by atoms with van der Waals surface area (Å²) in [5, 5.41) is 12.2. The van der Waals surface area contributed by atoms with Crippen molar-refractivity contribution in [3.8, 4) is 0 Å². The number of nitrogens with one attached hydrogen (secondary N) is 1. The number of aromatic carboxylic acids is 1. The second-order valence-electron chi connectivity index (χ2n) is 4.42. The van der Waals surface area contributed by atoms with Gasteiger partial charge in [0.25, 0.3) is 0 Å². The van der Waals surface area contributed by atoms with E-state index in [1.807, 2.05) is 0 Å². The second-order valence-corrected chi connectivity index (χ2v) is 4.42. The molecule has 1 fully saturated rings. The first kappa shape index (κ1) is 11.2. The maximum atomic E-state index is 10.8. The van der Waals surface area contributed by atoms with Crippen LogP contribution >= 0.6 is 0 Å². The fourth-order valence-electron chi connectivity index (χ4n) is 2.03. The zero-order valence-electron chi connectivity index (χ0n) is 9.62. The normalized spacial score (nSPS) is 23.4. The van der Waals surface area contributed by atoms with Crippen LogP contribution in [0.25, 0.3) is 0 Å². The smallest absolute Gasteiger partial charge is 0.372 e. The van der Waals surface area contributed by atoms with Crippen molar-refractivity contribution in [3.63, 3.8) is 0 Å². The minimum absolute atomic E-state index is 0.0552. The number of carbonyl (C=O) groups is 1. The van der Waals surface area contributed by atoms with Crippen molar-refractivity contribution in [2.75, 3.05) is 0 Å². The molecule has 1 aromatic heterocycles.